The quantitative estimate of drug-likeness (QED) is 0.802. The van der Waals surface area contributed by atoms with Crippen LogP contribution in [0.4, 0.5) is 11.5 Å². The predicted octanol–water partition coefficient (Wildman–Crippen LogP) is 3.34. The summed E-state index contributed by atoms with van der Waals surface area (Å²) >= 11 is 0. The second kappa shape index (κ2) is 4.85. The molecule has 4 nitrogen and oxygen atoms in total. The Labute approximate surface area is 125 Å². The maximum Gasteiger partial charge on any atom is 0.183 e. The summed E-state index contributed by atoms with van der Waals surface area (Å²) in [7, 11) is 0. The van der Waals surface area contributed by atoms with Gasteiger partial charge in [-0.1, -0.05) is 32.9 Å². The van der Waals surface area contributed by atoms with E-state index >= 15 is 0 Å². The lowest BCUT2D eigenvalue weighted by atomic mass is 9.86. The van der Waals surface area contributed by atoms with Crippen LogP contribution in [0.2, 0.25) is 0 Å². The van der Waals surface area contributed by atoms with E-state index in [2.05, 4.69) is 59.9 Å². The fraction of sp³-hybridized carbons (Fsp3) is 0.353. The van der Waals surface area contributed by atoms with Gasteiger partial charge in [0.15, 0.2) is 11.5 Å². The normalized spacial score (nSPS) is 13.9. The van der Waals surface area contributed by atoms with Crippen LogP contribution in [-0.4, -0.2) is 16.5 Å². The van der Waals surface area contributed by atoms with Gasteiger partial charge in [0.05, 0.1) is 0 Å². The Balaban J connectivity index is 2.04. The van der Waals surface area contributed by atoms with Gasteiger partial charge < -0.3 is 4.90 Å². The zero-order valence-corrected chi connectivity index (χ0v) is 12.6. The molecule has 2 heterocycles. The Kier molecular flexibility index (Phi) is 3.13. The molecule has 1 aliphatic heterocycles. The minimum Gasteiger partial charge on any atom is -0.323 e. The number of rotatable bonds is 1. The van der Waals surface area contributed by atoms with Crippen molar-refractivity contribution in [3.63, 3.8) is 0 Å². The van der Waals surface area contributed by atoms with Gasteiger partial charge in [0.2, 0.25) is 0 Å². The van der Waals surface area contributed by atoms with Gasteiger partial charge in [0, 0.05) is 24.6 Å². The second-order valence-corrected chi connectivity index (χ2v) is 6.34. The molecule has 1 aromatic heterocycles. The van der Waals surface area contributed by atoms with Gasteiger partial charge in [-0.15, -0.1) is 0 Å². The van der Waals surface area contributed by atoms with Crippen molar-refractivity contribution in [1.82, 2.24) is 9.97 Å². The van der Waals surface area contributed by atoms with Crippen molar-refractivity contribution in [2.24, 2.45) is 0 Å². The molecule has 1 aliphatic rings. The van der Waals surface area contributed by atoms with Crippen molar-refractivity contribution < 1.29 is 0 Å². The Morgan fingerprint density at radius 3 is 2.67 bits per heavy atom. The average Bonchev–Trinajstić information content (AvgIpc) is 2.89. The first-order valence-corrected chi connectivity index (χ1v) is 7.13. The Bertz CT molecular complexity index is 722. The molecule has 0 unspecified atom stereocenters. The van der Waals surface area contributed by atoms with E-state index in [1.165, 1.54) is 11.1 Å². The summed E-state index contributed by atoms with van der Waals surface area (Å²) in [6.07, 6.45) is 4.17. The molecule has 0 spiro atoms. The van der Waals surface area contributed by atoms with Gasteiger partial charge in [0.1, 0.15) is 6.07 Å². The molecular weight excluding hydrogens is 260 g/mol. The van der Waals surface area contributed by atoms with Crippen LogP contribution in [0.25, 0.3) is 0 Å². The number of nitrogens with zero attached hydrogens (tertiary/aromatic N) is 4. The van der Waals surface area contributed by atoms with E-state index in [0.717, 1.165) is 18.7 Å². The van der Waals surface area contributed by atoms with Crippen LogP contribution in [0.1, 0.15) is 37.6 Å². The molecule has 3 rings (SSSR count). The van der Waals surface area contributed by atoms with Gasteiger partial charge in [-0.2, -0.15) is 5.26 Å². The molecule has 0 amide bonds. The SMILES string of the molecule is CC(C)(C)c1ccc2c(c1)CCN2c1nccnc1C#N. The second-order valence-electron chi connectivity index (χ2n) is 6.34. The highest BCUT2D eigenvalue weighted by atomic mass is 15.2. The van der Waals surface area contributed by atoms with Gasteiger partial charge in [-0.3, -0.25) is 0 Å². The van der Waals surface area contributed by atoms with Gasteiger partial charge in [-0.25, -0.2) is 9.97 Å². The third-order valence-corrected chi connectivity index (χ3v) is 3.88. The molecule has 21 heavy (non-hydrogen) atoms. The minimum absolute atomic E-state index is 0.146. The van der Waals surface area contributed by atoms with Crippen LogP contribution in [0.5, 0.6) is 0 Å². The Morgan fingerprint density at radius 2 is 1.95 bits per heavy atom. The average molecular weight is 278 g/mol. The molecule has 0 N–H and O–H groups in total. The molecule has 106 valence electrons. The molecule has 0 saturated carbocycles. The largest absolute Gasteiger partial charge is 0.323 e. The third kappa shape index (κ3) is 2.36. The summed E-state index contributed by atoms with van der Waals surface area (Å²) < 4.78 is 0. The molecule has 1 aromatic carbocycles. The third-order valence-electron chi connectivity index (χ3n) is 3.88. The molecule has 4 heteroatoms. The van der Waals surface area contributed by atoms with Gasteiger partial charge in [-0.05, 0) is 29.0 Å². The number of nitriles is 1. The lowest BCUT2D eigenvalue weighted by Crippen LogP contribution is -2.17. The van der Waals surface area contributed by atoms with Gasteiger partial charge in [0.25, 0.3) is 0 Å². The van der Waals surface area contributed by atoms with Crippen LogP contribution in [0.15, 0.2) is 30.6 Å². The van der Waals surface area contributed by atoms with Crippen LogP contribution in [0.3, 0.4) is 0 Å². The van der Waals surface area contributed by atoms with Gasteiger partial charge >= 0.3 is 0 Å². The number of hydrogen-bond donors (Lipinski definition) is 0. The van der Waals surface area contributed by atoms with Crippen molar-refractivity contribution in [2.75, 3.05) is 11.4 Å². The predicted molar refractivity (Wildman–Crippen MR) is 82.6 cm³/mol. The molecule has 0 bridgehead atoms. The molecule has 0 atom stereocenters. The summed E-state index contributed by atoms with van der Waals surface area (Å²) in [6.45, 7) is 7.50. The van der Waals surface area contributed by atoms with Crippen LogP contribution in [0, 0.1) is 11.3 Å². The zero-order valence-electron chi connectivity index (χ0n) is 12.6. The molecule has 0 fully saturated rings. The maximum absolute atomic E-state index is 9.20. The van der Waals surface area contributed by atoms with Crippen molar-refractivity contribution >= 4 is 11.5 Å². The maximum atomic E-state index is 9.20. The van der Waals surface area contributed by atoms with Crippen LogP contribution < -0.4 is 4.90 Å². The van der Waals surface area contributed by atoms with E-state index in [-0.39, 0.29) is 5.41 Å². The molecule has 0 saturated heterocycles. The summed E-state index contributed by atoms with van der Waals surface area (Å²) in [5.41, 5.74) is 4.32. The summed E-state index contributed by atoms with van der Waals surface area (Å²) in [4.78, 5) is 10.5. The molecule has 0 radical (unpaired) electrons. The van der Waals surface area contributed by atoms with Crippen molar-refractivity contribution in [3.8, 4) is 6.07 Å². The van der Waals surface area contributed by atoms with E-state index in [0.29, 0.717) is 11.5 Å². The van der Waals surface area contributed by atoms with E-state index in [1.54, 1.807) is 12.4 Å². The van der Waals surface area contributed by atoms with Crippen molar-refractivity contribution in [3.05, 3.63) is 47.4 Å². The fourth-order valence-electron chi connectivity index (χ4n) is 2.70. The summed E-state index contributed by atoms with van der Waals surface area (Å²) in [5.74, 6) is 0.655. The van der Waals surface area contributed by atoms with E-state index < -0.39 is 0 Å². The number of anilines is 2. The van der Waals surface area contributed by atoms with Crippen molar-refractivity contribution in [1.29, 1.82) is 5.26 Å². The molecular formula is C17H18N4. The Morgan fingerprint density at radius 1 is 1.19 bits per heavy atom. The Hall–Kier alpha value is -2.41. The monoisotopic (exact) mass is 278 g/mol. The highest BCUT2D eigenvalue weighted by Gasteiger charge is 2.25. The number of hydrogen-bond acceptors (Lipinski definition) is 4. The summed E-state index contributed by atoms with van der Waals surface area (Å²) in [5, 5.41) is 9.20. The number of benzene rings is 1. The first kappa shape index (κ1) is 13.6. The molecule has 2 aromatic rings. The van der Waals surface area contributed by atoms with Crippen LogP contribution in [-0.2, 0) is 11.8 Å². The van der Waals surface area contributed by atoms with Crippen molar-refractivity contribution in [2.45, 2.75) is 32.6 Å². The van der Waals surface area contributed by atoms with E-state index in [4.69, 9.17) is 0 Å². The first-order chi connectivity index (χ1) is 10.0. The summed E-state index contributed by atoms with van der Waals surface area (Å²) in [6, 6.07) is 8.70. The number of fused-ring (bicyclic) bond motifs is 1. The molecule has 0 aliphatic carbocycles. The van der Waals surface area contributed by atoms with E-state index in [9.17, 15) is 5.26 Å². The number of aromatic nitrogens is 2. The topological polar surface area (TPSA) is 52.8 Å². The van der Waals surface area contributed by atoms with Crippen LogP contribution >= 0.6 is 0 Å². The minimum atomic E-state index is 0.146. The lowest BCUT2D eigenvalue weighted by Gasteiger charge is -2.22. The zero-order chi connectivity index (χ0) is 15.0. The lowest BCUT2D eigenvalue weighted by molar-refractivity contribution is 0.590. The fourth-order valence-corrected chi connectivity index (χ4v) is 2.70. The standard InChI is InChI=1S/C17H18N4/c1-17(2,3)13-4-5-15-12(10-13)6-9-21(15)16-14(11-18)19-7-8-20-16/h4-5,7-8,10H,6,9H2,1-3H3. The highest BCUT2D eigenvalue weighted by Crippen LogP contribution is 2.37. The van der Waals surface area contributed by atoms with E-state index in [1.807, 2.05) is 0 Å². The highest BCUT2D eigenvalue weighted by molar-refractivity contribution is 5.70. The first-order valence-electron chi connectivity index (χ1n) is 7.13. The smallest absolute Gasteiger partial charge is 0.183 e.